The van der Waals surface area contributed by atoms with Crippen LogP contribution in [0.25, 0.3) is 5.57 Å². The molecule has 0 amide bonds. The molecule has 0 spiro atoms. The molecule has 0 unspecified atom stereocenters. The lowest BCUT2D eigenvalue weighted by Gasteiger charge is -2.07. The van der Waals surface area contributed by atoms with E-state index in [1.54, 1.807) is 0 Å². The summed E-state index contributed by atoms with van der Waals surface area (Å²) in [5.74, 6) is 5.72. The zero-order valence-corrected chi connectivity index (χ0v) is 12.5. The number of hydrogen-bond donors (Lipinski definition) is 0. The van der Waals surface area contributed by atoms with Gasteiger partial charge in [-0.3, -0.25) is 0 Å². The highest BCUT2D eigenvalue weighted by molar-refractivity contribution is 6.16. The number of hydrogen-bond acceptors (Lipinski definition) is 3. The molecule has 22 heavy (non-hydrogen) atoms. The Bertz CT molecular complexity index is 734. The van der Waals surface area contributed by atoms with Crippen LogP contribution in [0, 0.1) is 11.8 Å². The zero-order chi connectivity index (χ0) is 15.8. The molecule has 3 heteroatoms. The van der Waals surface area contributed by atoms with Gasteiger partial charge in [0.05, 0.1) is 20.5 Å². The molecule has 0 fully saturated rings. The van der Waals surface area contributed by atoms with Gasteiger partial charge < -0.3 is 9.47 Å². The fraction of sp³-hybridized carbons (Fsp3) is 0.105. The summed E-state index contributed by atoms with van der Waals surface area (Å²) in [5.41, 5.74) is 2.66. The Morgan fingerprint density at radius 3 is 2.32 bits per heavy atom. The van der Waals surface area contributed by atoms with Crippen molar-refractivity contribution in [2.45, 2.75) is 0 Å². The SMILES string of the molecule is CO/C=C(/C(=O)OC)c1ccccc1C#Cc1ccccc1. The number of carbonyl (C=O) groups is 1. The molecule has 0 aliphatic rings. The first-order chi connectivity index (χ1) is 10.8. The third-order valence-electron chi connectivity index (χ3n) is 2.97. The van der Waals surface area contributed by atoms with E-state index >= 15 is 0 Å². The molecule has 2 rings (SSSR count). The molecule has 0 saturated carbocycles. The van der Waals surface area contributed by atoms with Crippen LogP contribution in [0.1, 0.15) is 16.7 Å². The van der Waals surface area contributed by atoms with Crippen molar-refractivity contribution in [1.82, 2.24) is 0 Å². The summed E-state index contributed by atoms with van der Waals surface area (Å²) >= 11 is 0. The summed E-state index contributed by atoms with van der Waals surface area (Å²) in [6.07, 6.45) is 1.37. The van der Waals surface area contributed by atoms with Crippen molar-refractivity contribution in [1.29, 1.82) is 0 Å². The summed E-state index contributed by atoms with van der Waals surface area (Å²) in [4.78, 5) is 11.9. The second kappa shape index (κ2) is 7.70. The number of esters is 1. The van der Waals surface area contributed by atoms with E-state index in [1.165, 1.54) is 20.5 Å². The molecule has 0 heterocycles. The number of carbonyl (C=O) groups excluding carboxylic acids is 1. The Balaban J connectivity index is 2.45. The molecule has 0 aliphatic heterocycles. The Morgan fingerprint density at radius 1 is 0.955 bits per heavy atom. The smallest absolute Gasteiger partial charge is 0.341 e. The van der Waals surface area contributed by atoms with Crippen molar-refractivity contribution < 1.29 is 14.3 Å². The first-order valence-electron chi connectivity index (χ1n) is 6.74. The van der Waals surface area contributed by atoms with Gasteiger partial charge in [-0.15, -0.1) is 0 Å². The second-order valence-corrected chi connectivity index (χ2v) is 4.42. The summed E-state index contributed by atoms with van der Waals surface area (Å²) in [7, 11) is 2.82. The third kappa shape index (κ3) is 3.77. The quantitative estimate of drug-likeness (QED) is 0.377. The second-order valence-electron chi connectivity index (χ2n) is 4.42. The molecule has 0 saturated heterocycles. The van der Waals surface area contributed by atoms with E-state index in [4.69, 9.17) is 9.47 Å². The summed E-state index contributed by atoms with van der Waals surface area (Å²) in [5, 5.41) is 0. The van der Waals surface area contributed by atoms with Crippen molar-refractivity contribution in [2.24, 2.45) is 0 Å². The molecule has 0 N–H and O–H groups in total. The normalized spacial score (nSPS) is 10.4. The van der Waals surface area contributed by atoms with E-state index in [2.05, 4.69) is 11.8 Å². The number of rotatable bonds is 3. The van der Waals surface area contributed by atoms with E-state index in [1.807, 2.05) is 54.6 Å². The van der Waals surface area contributed by atoms with E-state index in [9.17, 15) is 4.79 Å². The molecule has 110 valence electrons. The third-order valence-corrected chi connectivity index (χ3v) is 2.97. The van der Waals surface area contributed by atoms with Crippen molar-refractivity contribution in [3.8, 4) is 11.8 Å². The average molecular weight is 292 g/mol. The van der Waals surface area contributed by atoms with Crippen LogP contribution in [0.15, 0.2) is 60.9 Å². The van der Waals surface area contributed by atoms with Crippen molar-refractivity contribution in [2.75, 3.05) is 14.2 Å². The fourth-order valence-corrected chi connectivity index (χ4v) is 1.94. The highest BCUT2D eigenvalue weighted by atomic mass is 16.5. The Kier molecular flexibility index (Phi) is 5.39. The summed E-state index contributed by atoms with van der Waals surface area (Å²) in [6, 6.07) is 17.1. The highest BCUT2D eigenvalue weighted by Crippen LogP contribution is 2.20. The summed E-state index contributed by atoms with van der Waals surface area (Å²) < 4.78 is 9.79. The predicted molar refractivity (Wildman–Crippen MR) is 85.9 cm³/mol. The zero-order valence-electron chi connectivity index (χ0n) is 12.5. The van der Waals surface area contributed by atoms with Crippen LogP contribution in [0.3, 0.4) is 0 Å². The minimum atomic E-state index is -0.462. The van der Waals surface area contributed by atoms with E-state index in [0.29, 0.717) is 11.1 Å². The first kappa shape index (κ1) is 15.4. The topological polar surface area (TPSA) is 35.5 Å². The van der Waals surface area contributed by atoms with Crippen LogP contribution in [-0.2, 0) is 14.3 Å². The van der Waals surface area contributed by atoms with Crippen LogP contribution < -0.4 is 0 Å². The number of benzene rings is 2. The largest absolute Gasteiger partial charge is 0.503 e. The number of methoxy groups -OCH3 is 2. The molecule has 2 aromatic rings. The van der Waals surface area contributed by atoms with Crippen LogP contribution in [0.5, 0.6) is 0 Å². The molecular formula is C19H16O3. The van der Waals surface area contributed by atoms with Gasteiger partial charge in [-0.1, -0.05) is 48.2 Å². The first-order valence-corrected chi connectivity index (χ1v) is 6.74. The molecule has 0 radical (unpaired) electrons. The van der Waals surface area contributed by atoms with Gasteiger partial charge in [0, 0.05) is 16.7 Å². The van der Waals surface area contributed by atoms with Gasteiger partial charge in [-0.25, -0.2) is 4.79 Å². The maximum absolute atomic E-state index is 11.9. The van der Waals surface area contributed by atoms with Gasteiger partial charge in [0.2, 0.25) is 0 Å². The van der Waals surface area contributed by atoms with Crippen LogP contribution in [-0.4, -0.2) is 20.2 Å². The Labute approximate surface area is 130 Å². The van der Waals surface area contributed by atoms with Crippen molar-refractivity contribution in [3.63, 3.8) is 0 Å². The molecule has 0 bridgehead atoms. The average Bonchev–Trinajstić information content (AvgIpc) is 2.58. The van der Waals surface area contributed by atoms with Crippen molar-refractivity contribution in [3.05, 3.63) is 77.5 Å². The molecular weight excluding hydrogens is 276 g/mol. The van der Waals surface area contributed by atoms with Crippen molar-refractivity contribution >= 4 is 11.5 Å². The van der Waals surface area contributed by atoms with Crippen LogP contribution in [0.4, 0.5) is 0 Å². The van der Waals surface area contributed by atoms with Gasteiger partial charge in [-0.2, -0.15) is 0 Å². The minimum Gasteiger partial charge on any atom is -0.503 e. The highest BCUT2D eigenvalue weighted by Gasteiger charge is 2.15. The lowest BCUT2D eigenvalue weighted by molar-refractivity contribution is -0.133. The van der Waals surface area contributed by atoms with E-state index < -0.39 is 5.97 Å². The monoisotopic (exact) mass is 292 g/mol. The van der Waals surface area contributed by atoms with E-state index in [-0.39, 0.29) is 0 Å². The van der Waals surface area contributed by atoms with Crippen LogP contribution in [0.2, 0.25) is 0 Å². The maximum atomic E-state index is 11.9. The van der Waals surface area contributed by atoms with Gasteiger partial charge in [-0.05, 0) is 18.2 Å². The minimum absolute atomic E-state index is 0.336. The molecule has 0 aromatic heterocycles. The maximum Gasteiger partial charge on any atom is 0.341 e. The van der Waals surface area contributed by atoms with Gasteiger partial charge in [0.15, 0.2) is 0 Å². The lowest BCUT2D eigenvalue weighted by Crippen LogP contribution is -2.06. The standard InChI is InChI=1S/C19H16O3/c1-21-14-18(19(20)22-2)17-11-7-6-10-16(17)13-12-15-8-4-3-5-9-15/h3-11,14H,1-2H3/b18-14+. The predicted octanol–water partition coefficient (Wildman–Crippen LogP) is 3.25. The summed E-state index contributed by atoms with van der Waals surface area (Å²) in [6.45, 7) is 0. The van der Waals surface area contributed by atoms with E-state index in [0.717, 1.165) is 11.1 Å². The molecule has 3 nitrogen and oxygen atoms in total. The lowest BCUT2D eigenvalue weighted by atomic mass is 10.0. The molecule has 2 aromatic carbocycles. The Morgan fingerprint density at radius 2 is 1.64 bits per heavy atom. The van der Waals surface area contributed by atoms with Gasteiger partial charge >= 0.3 is 5.97 Å². The van der Waals surface area contributed by atoms with Crippen LogP contribution >= 0.6 is 0 Å². The Hall–Kier alpha value is -2.99. The molecule has 0 aliphatic carbocycles. The van der Waals surface area contributed by atoms with Gasteiger partial charge in [0.25, 0.3) is 0 Å². The molecule has 0 atom stereocenters. The fourth-order valence-electron chi connectivity index (χ4n) is 1.94. The number of ether oxygens (including phenoxy) is 2. The van der Waals surface area contributed by atoms with Gasteiger partial charge in [0.1, 0.15) is 5.57 Å².